The van der Waals surface area contributed by atoms with Gasteiger partial charge in [0.25, 0.3) is 0 Å². The van der Waals surface area contributed by atoms with Crippen LogP contribution in [-0.4, -0.2) is 32.0 Å². The smallest absolute Gasteiger partial charge is 0.378 e. The molecule has 1 atom stereocenters. The Labute approximate surface area is 95.5 Å². The Hall–Kier alpha value is -0.290. The molecule has 0 aromatic rings. The van der Waals surface area contributed by atoms with Gasteiger partial charge in [-0.2, -0.15) is 13.2 Å². The van der Waals surface area contributed by atoms with E-state index in [9.17, 15) is 13.2 Å². The summed E-state index contributed by atoms with van der Waals surface area (Å²) in [4.78, 5) is 0. The van der Waals surface area contributed by atoms with E-state index in [0.717, 1.165) is 32.4 Å². The highest BCUT2D eigenvalue weighted by atomic mass is 19.4. The summed E-state index contributed by atoms with van der Waals surface area (Å²) < 4.78 is 40.5. The Morgan fingerprint density at radius 3 is 2.50 bits per heavy atom. The number of nitrogens with one attached hydrogen (secondary N) is 1. The van der Waals surface area contributed by atoms with Gasteiger partial charge in [0.05, 0.1) is 19.1 Å². The Kier molecular flexibility index (Phi) is 8.66. The van der Waals surface area contributed by atoms with Crippen LogP contribution in [0.1, 0.15) is 39.5 Å². The second-order valence-corrected chi connectivity index (χ2v) is 3.94. The molecular weight excluding hydrogens is 219 g/mol. The summed E-state index contributed by atoms with van der Waals surface area (Å²) in [6, 6.07) is 0. The van der Waals surface area contributed by atoms with E-state index < -0.39 is 12.6 Å². The van der Waals surface area contributed by atoms with Gasteiger partial charge in [-0.3, -0.25) is 0 Å². The SMILES string of the molecule is CCCNCCCC(C)OCCC(F)(F)F. The van der Waals surface area contributed by atoms with Gasteiger partial charge >= 0.3 is 6.18 Å². The Morgan fingerprint density at radius 1 is 1.25 bits per heavy atom. The summed E-state index contributed by atoms with van der Waals surface area (Å²) in [5, 5.41) is 3.24. The molecule has 0 heterocycles. The molecule has 0 saturated carbocycles. The molecule has 2 nitrogen and oxygen atoms in total. The molecule has 0 aliphatic rings. The molecule has 1 N–H and O–H groups in total. The molecule has 0 rings (SSSR count). The van der Waals surface area contributed by atoms with Gasteiger partial charge < -0.3 is 10.1 Å². The average molecular weight is 241 g/mol. The van der Waals surface area contributed by atoms with Gasteiger partial charge in [-0.15, -0.1) is 0 Å². The quantitative estimate of drug-likeness (QED) is 0.626. The minimum atomic E-state index is -4.11. The van der Waals surface area contributed by atoms with Crippen LogP contribution in [0.15, 0.2) is 0 Å². The molecule has 0 saturated heterocycles. The molecule has 0 aromatic carbocycles. The van der Waals surface area contributed by atoms with Crippen molar-refractivity contribution in [3.63, 3.8) is 0 Å². The lowest BCUT2D eigenvalue weighted by molar-refractivity contribution is -0.148. The van der Waals surface area contributed by atoms with Gasteiger partial charge in [0.15, 0.2) is 0 Å². The molecular formula is C11H22F3NO. The molecule has 1 unspecified atom stereocenters. The van der Waals surface area contributed by atoms with Crippen LogP contribution in [0.25, 0.3) is 0 Å². The maximum Gasteiger partial charge on any atom is 0.391 e. The van der Waals surface area contributed by atoms with Crippen LogP contribution in [0.3, 0.4) is 0 Å². The molecule has 0 aromatic heterocycles. The van der Waals surface area contributed by atoms with Gasteiger partial charge in [0.1, 0.15) is 0 Å². The fourth-order valence-electron chi connectivity index (χ4n) is 1.28. The number of alkyl halides is 3. The number of ether oxygens (including phenoxy) is 1. The molecule has 16 heavy (non-hydrogen) atoms. The van der Waals surface area contributed by atoms with Crippen LogP contribution in [-0.2, 0) is 4.74 Å². The number of hydrogen-bond acceptors (Lipinski definition) is 2. The van der Waals surface area contributed by atoms with Crippen molar-refractivity contribution in [2.75, 3.05) is 19.7 Å². The van der Waals surface area contributed by atoms with E-state index >= 15 is 0 Å². The van der Waals surface area contributed by atoms with Crippen molar-refractivity contribution in [1.82, 2.24) is 5.32 Å². The van der Waals surface area contributed by atoms with Crippen molar-refractivity contribution in [1.29, 1.82) is 0 Å². The summed E-state index contributed by atoms with van der Waals surface area (Å²) in [7, 11) is 0. The van der Waals surface area contributed by atoms with E-state index in [4.69, 9.17) is 4.74 Å². The van der Waals surface area contributed by atoms with Crippen LogP contribution in [0.2, 0.25) is 0 Å². The van der Waals surface area contributed by atoms with Crippen molar-refractivity contribution in [3.8, 4) is 0 Å². The second kappa shape index (κ2) is 8.82. The monoisotopic (exact) mass is 241 g/mol. The molecule has 0 aliphatic heterocycles. The van der Waals surface area contributed by atoms with Crippen molar-refractivity contribution >= 4 is 0 Å². The minimum Gasteiger partial charge on any atom is -0.378 e. The predicted octanol–water partition coefficient (Wildman–Crippen LogP) is 3.12. The lowest BCUT2D eigenvalue weighted by Crippen LogP contribution is -2.19. The van der Waals surface area contributed by atoms with Crippen molar-refractivity contribution < 1.29 is 17.9 Å². The zero-order chi connectivity index (χ0) is 12.4. The van der Waals surface area contributed by atoms with Crippen molar-refractivity contribution in [2.45, 2.75) is 51.8 Å². The molecule has 0 aliphatic carbocycles. The second-order valence-electron chi connectivity index (χ2n) is 3.94. The number of halogens is 3. The molecule has 0 amide bonds. The summed E-state index contributed by atoms with van der Waals surface area (Å²) in [5.41, 5.74) is 0. The fraction of sp³-hybridized carbons (Fsp3) is 1.00. The molecule has 98 valence electrons. The highest BCUT2D eigenvalue weighted by Gasteiger charge is 2.26. The summed E-state index contributed by atoms with van der Waals surface area (Å²) in [6.07, 6.45) is -2.22. The lowest BCUT2D eigenvalue weighted by atomic mass is 10.2. The van der Waals surface area contributed by atoms with Gasteiger partial charge in [0.2, 0.25) is 0 Å². The summed E-state index contributed by atoms with van der Waals surface area (Å²) in [5.74, 6) is 0. The Bertz CT molecular complexity index is 162. The van der Waals surface area contributed by atoms with E-state index in [0.29, 0.717) is 0 Å². The van der Waals surface area contributed by atoms with Crippen LogP contribution >= 0.6 is 0 Å². The first-order valence-corrected chi connectivity index (χ1v) is 5.84. The lowest BCUT2D eigenvalue weighted by Gasteiger charge is -2.14. The third-order valence-corrected chi connectivity index (χ3v) is 2.18. The van der Waals surface area contributed by atoms with Crippen molar-refractivity contribution in [3.05, 3.63) is 0 Å². The largest absolute Gasteiger partial charge is 0.391 e. The van der Waals surface area contributed by atoms with E-state index in [1.54, 1.807) is 0 Å². The van der Waals surface area contributed by atoms with E-state index in [1.807, 2.05) is 6.92 Å². The number of hydrogen-bond donors (Lipinski definition) is 1. The Balaban J connectivity index is 3.28. The number of rotatable bonds is 9. The first-order chi connectivity index (χ1) is 7.45. The molecule has 0 bridgehead atoms. The van der Waals surface area contributed by atoms with Crippen molar-refractivity contribution in [2.24, 2.45) is 0 Å². The zero-order valence-electron chi connectivity index (χ0n) is 10.1. The average Bonchev–Trinajstić information content (AvgIpc) is 2.15. The third kappa shape index (κ3) is 11.8. The highest BCUT2D eigenvalue weighted by molar-refractivity contribution is 4.55. The van der Waals surface area contributed by atoms with E-state index in [-0.39, 0.29) is 12.7 Å². The molecule has 0 fully saturated rings. The first-order valence-electron chi connectivity index (χ1n) is 5.84. The van der Waals surface area contributed by atoms with Crippen LogP contribution < -0.4 is 5.32 Å². The van der Waals surface area contributed by atoms with Crippen LogP contribution in [0, 0.1) is 0 Å². The topological polar surface area (TPSA) is 21.3 Å². The third-order valence-electron chi connectivity index (χ3n) is 2.18. The first kappa shape index (κ1) is 15.7. The zero-order valence-corrected chi connectivity index (χ0v) is 10.1. The van der Waals surface area contributed by atoms with Gasteiger partial charge in [-0.25, -0.2) is 0 Å². The van der Waals surface area contributed by atoms with Crippen LogP contribution in [0.5, 0.6) is 0 Å². The maximum absolute atomic E-state index is 11.8. The van der Waals surface area contributed by atoms with Gasteiger partial charge in [-0.1, -0.05) is 6.92 Å². The van der Waals surface area contributed by atoms with E-state index in [1.165, 1.54) is 0 Å². The van der Waals surface area contributed by atoms with E-state index in [2.05, 4.69) is 12.2 Å². The summed E-state index contributed by atoms with van der Waals surface area (Å²) in [6.45, 7) is 5.57. The van der Waals surface area contributed by atoms with Crippen LogP contribution in [0.4, 0.5) is 13.2 Å². The fourth-order valence-corrected chi connectivity index (χ4v) is 1.28. The molecule has 5 heteroatoms. The minimum absolute atomic E-state index is 0.0919. The normalized spacial score (nSPS) is 14.1. The standard InChI is InChI=1S/C11H22F3NO/c1-3-7-15-8-4-5-10(2)16-9-6-11(12,13)14/h10,15H,3-9H2,1-2H3. The molecule has 0 radical (unpaired) electrons. The summed E-state index contributed by atoms with van der Waals surface area (Å²) >= 11 is 0. The highest BCUT2D eigenvalue weighted by Crippen LogP contribution is 2.19. The maximum atomic E-state index is 11.8. The van der Waals surface area contributed by atoms with Gasteiger partial charge in [-0.05, 0) is 39.3 Å². The molecule has 0 spiro atoms. The Morgan fingerprint density at radius 2 is 1.94 bits per heavy atom. The van der Waals surface area contributed by atoms with Gasteiger partial charge in [0, 0.05) is 0 Å². The predicted molar refractivity (Wildman–Crippen MR) is 58.5 cm³/mol.